The molecule has 6 nitrogen and oxygen atoms in total. The molecule has 2 heterocycles. The summed E-state index contributed by atoms with van der Waals surface area (Å²) in [4.78, 5) is 13.0. The monoisotopic (exact) mass is 404 g/mol. The van der Waals surface area contributed by atoms with Crippen molar-refractivity contribution in [2.24, 2.45) is 5.10 Å². The number of benzene rings is 2. The molecule has 0 radical (unpaired) electrons. The van der Waals surface area contributed by atoms with Gasteiger partial charge in [0.1, 0.15) is 23.3 Å². The smallest absolute Gasteiger partial charge is 0.281 e. The van der Waals surface area contributed by atoms with Gasteiger partial charge in [0.25, 0.3) is 5.91 Å². The van der Waals surface area contributed by atoms with Crippen LogP contribution >= 0.6 is 0 Å². The van der Waals surface area contributed by atoms with Crippen LogP contribution in [0.1, 0.15) is 36.3 Å². The van der Waals surface area contributed by atoms with Gasteiger partial charge in [0.05, 0.1) is 18.6 Å². The molecule has 3 aromatic rings. The summed E-state index contributed by atoms with van der Waals surface area (Å²) < 4.78 is 16.7. The van der Waals surface area contributed by atoms with E-state index in [0.717, 1.165) is 17.0 Å². The Labute approximate surface area is 175 Å². The van der Waals surface area contributed by atoms with Gasteiger partial charge in [0, 0.05) is 6.42 Å². The van der Waals surface area contributed by atoms with Gasteiger partial charge in [-0.05, 0) is 55.8 Å². The summed E-state index contributed by atoms with van der Waals surface area (Å²) in [6.45, 7) is 4.46. The van der Waals surface area contributed by atoms with E-state index in [0.29, 0.717) is 24.5 Å². The average molecular weight is 404 g/mol. The van der Waals surface area contributed by atoms with Gasteiger partial charge in [-0.2, -0.15) is 5.10 Å². The van der Waals surface area contributed by atoms with E-state index in [-0.39, 0.29) is 18.6 Å². The summed E-state index contributed by atoms with van der Waals surface area (Å²) in [5.41, 5.74) is 3.03. The molecule has 1 atom stereocenters. The molecule has 0 saturated heterocycles. The zero-order valence-corrected chi connectivity index (χ0v) is 17.1. The molecule has 0 fully saturated rings. The van der Waals surface area contributed by atoms with Crippen LogP contribution in [0, 0.1) is 6.92 Å². The molecule has 2 aromatic carbocycles. The highest BCUT2D eigenvalue weighted by Gasteiger charge is 2.35. The number of ether oxygens (including phenoxy) is 2. The summed E-state index contributed by atoms with van der Waals surface area (Å²) in [7, 11) is 0. The van der Waals surface area contributed by atoms with Gasteiger partial charge in [-0.3, -0.25) is 4.79 Å². The standard InChI is InChI=1S/C24H24N2O4/c1-3-28-19-10-12-20(13-11-19)30-16-24(27)26-22(23-5-4-14-29-23)15-21(25-26)18-8-6-17(2)7-9-18/h4-14,22H,3,15-16H2,1-2H3/t22-/m1/s1. The summed E-state index contributed by atoms with van der Waals surface area (Å²) in [6.07, 6.45) is 2.20. The van der Waals surface area contributed by atoms with Gasteiger partial charge >= 0.3 is 0 Å². The molecular formula is C24H24N2O4. The van der Waals surface area contributed by atoms with Crippen molar-refractivity contribution in [2.45, 2.75) is 26.3 Å². The highest BCUT2D eigenvalue weighted by molar-refractivity contribution is 6.03. The van der Waals surface area contributed by atoms with E-state index in [1.165, 1.54) is 10.6 Å². The van der Waals surface area contributed by atoms with E-state index in [1.807, 2.05) is 62.4 Å². The van der Waals surface area contributed by atoms with Crippen LogP contribution in [-0.4, -0.2) is 29.8 Å². The van der Waals surface area contributed by atoms with E-state index < -0.39 is 0 Å². The van der Waals surface area contributed by atoms with Gasteiger partial charge in [-0.15, -0.1) is 0 Å². The number of carbonyl (C=O) groups excluding carboxylic acids is 1. The maximum absolute atomic E-state index is 13.0. The SMILES string of the molecule is CCOc1ccc(OCC(=O)N2N=C(c3ccc(C)cc3)C[C@@H]2c2ccco2)cc1. The Balaban J connectivity index is 1.49. The summed E-state index contributed by atoms with van der Waals surface area (Å²) in [5, 5.41) is 6.09. The lowest BCUT2D eigenvalue weighted by Gasteiger charge is -2.20. The largest absolute Gasteiger partial charge is 0.494 e. The summed E-state index contributed by atoms with van der Waals surface area (Å²) in [6, 6.07) is 18.7. The minimum Gasteiger partial charge on any atom is -0.494 e. The van der Waals surface area contributed by atoms with Gasteiger partial charge < -0.3 is 13.9 Å². The predicted molar refractivity (Wildman–Crippen MR) is 114 cm³/mol. The topological polar surface area (TPSA) is 64.3 Å². The lowest BCUT2D eigenvalue weighted by molar-refractivity contribution is -0.135. The number of aryl methyl sites for hydroxylation is 1. The molecule has 0 N–H and O–H groups in total. The maximum Gasteiger partial charge on any atom is 0.281 e. The molecule has 1 aliphatic heterocycles. The number of hydrazone groups is 1. The van der Waals surface area contributed by atoms with Crippen molar-refractivity contribution in [3.8, 4) is 11.5 Å². The maximum atomic E-state index is 13.0. The Morgan fingerprint density at radius 3 is 2.40 bits per heavy atom. The number of amides is 1. The first-order chi connectivity index (χ1) is 14.6. The average Bonchev–Trinajstić information content (AvgIpc) is 3.44. The molecule has 0 saturated carbocycles. The molecule has 0 bridgehead atoms. The van der Waals surface area contributed by atoms with Crippen LogP contribution in [0.4, 0.5) is 0 Å². The van der Waals surface area contributed by atoms with Crippen molar-refractivity contribution in [3.05, 3.63) is 83.8 Å². The second-order valence-electron chi connectivity index (χ2n) is 7.08. The third-order valence-corrected chi connectivity index (χ3v) is 4.92. The molecule has 6 heteroatoms. The highest BCUT2D eigenvalue weighted by Crippen LogP contribution is 2.33. The quantitative estimate of drug-likeness (QED) is 0.570. The van der Waals surface area contributed by atoms with Crippen LogP contribution < -0.4 is 9.47 Å². The number of carbonyl (C=O) groups is 1. The second kappa shape index (κ2) is 8.86. The molecule has 0 aliphatic carbocycles. The molecule has 1 amide bonds. The van der Waals surface area contributed by atoms with Crippen LogP contribution in [0.3, 0.4) is 0 Å². The fourth-order valence-corrected chi connectivity index (χ4v) is 3.37. The number of nitrogens with zero attached hydrogens (tertiary/aromatic N) is 2. The molecule has 1 aliphatic rings. The Kier molecular flexibility index (Phi) is 5.84. The van der Waals surface area contributed by atoms with E-state index in [2.05, 4.69) is 5.10 Å². The molecule has 4 rings (SSSR count). The zero-order valence-electron chi connectivity index (χ0n) is 17.1. The van der Waals surface area contributed by atoms with Crippen LogP contribution in [-0.2, 0) is 4.79 Å². The van der Waals surface area contributed by atoms with E-state index >= 15 is 0 Å². The van der Waals surface area contributed by atoms with Crippen molar-refractivity contribution in [3.63, 3.8) is 0 Å². The van der Waals surface area contributed by atoms with Crippen LogP contribution in [0.15, 0.2) is 76.4 Å². The first kappa shape index (κ1) is 19.8. The first-order valence-corrected chi connectivity index (χ1v) is 9.99. The third-order valence-electron chi connectivity index (χ3n) is 4.92. The van der Waals surface area contributed by atoms with E-state index in [9.17, 15) is 4.79 Å². The Bertz CT molecular complexity index is 1010. The molecule has 1 aromatic heterocycles. The normalized spacial score (nSPS) is 15.7. The van der Waals surface area contributed by atoms with E-state index in [1.54, 1.807) is 18.4 Å². The highest BCUT2D eigenvalue weighted by atomic mass is 16.5. The number of furan rings is 1. The molecule has 30 heavy (non-hydrogen) atoms. The van der Waals surface area contributed by atoms with Gasteiger partial charge in [0.2, 0.25) is 0 Å². The summed E-state index contributed by atoms with van der Waals surface area (Å²) in [5.74, 6) is 1.84. The van der Waals surface area contributed by atoms with Gasteiger partial charge in [0.15, 0.2) is 6.61 Å². The molecule has 0 unspecified atom stereocenters. The molecule has 0 spiro atoms. The first-order valence-electron chi connectivity index (χ1n) is 9.99. The fourth-order valence-electron chi connectivity index (χ4n) is 3.37. The number of hydrogen-bond acceptors (Lipinski definition) is 5. The van der Waals surface area contributed by atoms with Crippen molar-refractivity contribution in [1.82, 2.24) is 5.01 Å². The number of hydrogen-bond donors (Lipinski definition) is 0. The van der Waals surface area contributed by atoms with Crippen molar-refractivity contribution < 1.29 is 18.7 Å². The van der Waals surface area contributed by atoms with Gasteiger partial charge in [-0.1, -0.05) is 29.8 Å². The zero-order chi connectivity index (χ0) is 20.9. The van der Waals surface area contributed by atoms with Crippen molar-refractivity contribution >= 4 is 11.6 Å². The predicted octanol–water partition coefficient (Wildman–Crippen LogP) is 4.74. The lowest BCUT2D eigenvalue weighted by Crippen LogP contribution is -2.31. The Morgan fingerprint density at radius 2 is 1.77 bits per heavy atom. The Hall–Kier alpha value is -3.54. The number of rotatable bonds is 7. The lowest BCUT2D eigenvalue weighted by atomic mass is 10.0. The van der Waals surface area contributed by atoms with Gasteiger partial charge in [-0.25, -0.2) is 5.01 Å². The van der Waals surface area contributed by atoms with Crippen LogP contribution in [0.5, 0.6) is 11.5 Å². The fraction of sp³-hybridized carbons (Fsp3) is 0.250. The molecule has 154 valence electrons. The molecular weight excluding hydrogens is 380 g/mol. The van der Waals surface area contributed by atoms with Crippen LogP contribution in [0.25, 0.3) is 0 Å². The van der Waals surface area contributed by atoms with Crippen LogP contribution in [0.2, 0.25) is 0 Å². The van der Waals surface area contributed by atoms with E-state index in [4.69, 9.17) is 13.9 Å². The Morgan fingerprint density at radius 1 is 1.07 bits per heavy atom. The minimum absolute atomic E-state index is 0.115. The van der Waals surface area contributed by atoms with Crippen molar-refractivity contribution in [2.75, 3.05) is 13.2 Å². The summed E-state index contributed by atoms with van der Waals surface area (Å²) >= 11 is 0. The van der Waals surface area contributed by atoms with Crippen molar-refractivity contribution in [1.29, 1.82) is 0 Å². The third kappa shape index (κ3) is 4.38. The minimum atomic E-state index is -0.285. The second-order valence-corrected chi connectivity index (χ2v) is 7.08.